The molecule has 0 saturated carbocycles. The zero-order valence-corrected chi connectivity index (χ0v) is 12.0. The average Bonchev–Trinajstić information content (AvgIpc) is 2.25. The minimum Gasteiger partial charge on any atom is -0.334 e. The first kappa shape index (κ1) is 12.3. The maximum atomic E-state index is 6.12. The third-order valence-electron chi connectivity index (χ3n) is 2.22. The monoisotopic (exact) mass is 318 g/mol. The predicted octanol–water partition coefficient (Wildman–Crippen LogP) is 4.25. The van der Waals surface area contributed by atoms with Gasteiger partial charge in [0.15, 0.2) is 5.17 Å². The van der Waals surface area contributed by atoms with Gasteiger partial charge in [0, 0.05) is 16.8 Å². The van der Waals surface area contributed by atoms with Crippen molar-refractivity contribution >= 4 is 50.1 Å². The van der Waals surface area contributed by atoms with E-state index in [1.54, 1.807) is 11.8 Å². The maximum Gasteiger partial charge on any atom is 0.161 e. The quantitative estimate of drug-likeness (QED) is 0.836. The number of nitrogens with zero attached hydrogens (tertiary/aromatic N) is 1. The molecule has 1 aromatic carbocycles. The first-order valence-corrected chi connectivity index (χ1v) is 7.20. The normalized spacial score (nSPS) is 20.4. The van der Waals surface area contributed by atoms with Gasteiger partial charge >= 0.3 is 0 Å². The van der Waals surface area contributed by atoms with Crippen LogP contribution in [0.3, 0.4) is 0 Å². The highest BCUT2D eigenvalue weighted by molar-refractivity contribution is 9.10. The van der Waals surface area contributed by atoms with Crippen molar-refractivity contribution in [1.29, 1.82) is 0 Å². The smallest absolute Gasteiger partial charge is 0.161 e. The molecular weight excluding hydrogens is 308 g/mol. The van der Waals surface area contributed by atoms with Crippen LogP contribution in [0.2, 0.25) is 5.02 Å². The minimum absolute atomic E-state index is 0.663. The van der Waals surface area contributed by atoms with Gasteiger partial charge in [-0.3, -0.25) is 4.99 Å². The van der Waals surface area contributed by atoms with E-state index in [9.17, 15) is 0 Å². The fraction of sp³-hybridized carbons (Fsp3) is 0.364. The van der Waals surface area contributed by atoms with E-state index in [4.69, 9.17) is 11.6 Å². The zero-order chi connectivity index (χ0) is 11.5. The molecule has 0 radical (unpaired) electrons. The van der Waals surface area contributed by atoms with Crippen LogP contribution in [0.5, 0.6) is 0 Å². The molecule has 0 aromatic heterocycles. The number of amidine groups is 1. The number of halogens is 2. The van der Waals surface area contributed by atoms with Crippen LogP contribution in [0.4, 0.5) is 5.69 Å². The zero-order valence-electron chi connectivity index (χ0n) is 8.84. The fourth-order valence-corrected chi connectivity index (χ4v) is 2.96. The summed E-state index contributed by atoms with van der Waals surface area (Å²) in [5, 5.41) is 4.92. The van der Waals surface area contributed by atoms with Gasteiger partial charge in [0.25, 0.3) is 0 Å². The standard InChI is InChI=1S/C11H12BrClN2S/c1-7-5-14-11(16-6-7)15-10-3-2-8(12)4-9(10)13/h2-4,7H,5-6H2,1H3,(H,14,15). The molecule has 1 aliphatic rings. The molecule has 2 rings (SSSR count). The van der Waals surface area contributed by atoms with Crippen LogP contribution in [0.15, 0.2) is 27.7 Å². The molecule has 0 aliphatic carbocycles. The lowest BCUT2D eigenvalue weighted by Crippen LogP contribution is -2.18. The molecule has 1 aromatic rings. The van der Waals surface area contributed by atoms with Crippen molar-refractivity contribution in [3.05, 3.63) is 27.7 Å². The molecule has 1 aliphatic heterocycles. The predicted molar refractivity (Wildman–Crippen MR) is 76.7 cm³/mol. The second kappa shape index (κ2) is 5.43. The summed E-state index contributed by atoms with van der Waals surface area (Å²) in [7, 11) is 0. The fourth-order valence-electron chi connectivity index (χ4n) is 1.34. The lowest BCUT2D eigenvalue weighted by atomic mass is 10.2. The summed E-state index contributed by atoms with van der Waals surface area (Å²) in [4.78, 5) is 4.47. The first-order chi connectivity index (χ1) is 7.65. The third kappa shape index (κ3) is 3.15. The first-order valence-electron chi connectivity index (χ1n) is 5.04. The summed E-state index contributed by atoms with van der Waals surface area (Å²) in [6.07, 6.45) is 0. The van der Waals surface area contributed by atoms with Crippen molar-refractivity contribution < 1.29 is 0 Å². The van der Waals surface area contributed by atoms with Crippen LogP contribution in [-0.2, 0) is 0 Å². The number of rotatable bonds is 1. The van der Waals surface area contributed by atoms with Crippen molar-refractivity contribution in [2.75, 3.05) is 17.6 Å². The van der Waals surface area contributed by atoms with Crippen molar-refractivity contribution in [3.63, 3.8) is 0 Å². The Hall–Kier alpha value is -0.190. The van der Waals surface area contributed by atoms with Crippen LogP contribution in [0, 0.1) is 5.92 Å². The van der Waals surface area contributed by atoms with Gasteiger partial charge in [-0.25, -0.2) is 0 Å². The Kier molecular flexibility index (Phi) is 4.16. The van der Waals surface area contributed by atoms with E-state index in [1.807, 2.05) is 18.2 Å². The highest BCUT2D eigenvalue weighted by Gasteiger charge is 2.13. The second-order valence-corrected chi connectivity index (χ2v) is 6.14. The van der Waals surface area contributed by atoms with E-state index < -0.39 is 0 Å². The summed E-state index contributed by atoms with van der Waals surface area (Å²) in [6.45, 7) is 3.10. The molecule has 1 N–H and O–H groups in total. The molecule has 0 amide bonds. The summed E-state index contributed by atoms with van der Waals surface area (Å²) in [5.74, 6) is 1.77. The number of benzene rings is 1. The molecule has 5 heteroatoms. The lowest BCUT2D eigenvalue weighted by molar-refractivity contribution is 0.674. The Bertz CT molecular complexity index is 422. The largest absolute Gasteiger partial charge is 0.334 e. The molecule has 0 fully saturated rings. The molecule has 1 atom stereocenters. The molecule has 0 spiro atoms. The summed E-state index contributed by atoms with van der Waals surface area (Å²) >= 11 is 11.2. The highest BCUT2D eigenvalue weighted by Crippen LogP contribution is 2.27. The number of aliphatic imine (C=N–C) groups is 1. The highest BCUT2D eigenvalue weighted by atomic mass is 79.9. The molecule has 0 bridgehead atoms. The van der Waals surface area contributed by atoms with E-state index in [-0.39, 0.29) is 0 Å². The average molecular weight is 320 g/mol. The van der Waals surface area contributed by atoms with Gasteiger partial charge in [-0.1, -0.05) is 46.2 Å². The summed E-state index contributed by atoms with van der Waals surface area (Å²) in [6, 6.07) is 5.79. The van der Waals surface area contributed by atoms with Crippen molar-refractivity contribution in [2.24, 2.45) is 10.9 Å². The lowest BCUT2D eigenvalue weighted by Gasteiger charge is -2.18. The molecular formula is C11H12BrClN2S. The summed E-state index contributed by atoms with van der Waals surface area (Å²) < 4.78 is 0.981. The number of thioether (sulfide) groups is 1. The number of hydrogen-bond acceptors (Lipinski definition) is 3. The molecule has 86 valence electrons. The molecule has 16 heavy (non-hydrogen) atoms. The molecule has 1 unspecified atom stereocenters. The van der Waals surface area contributed by atoms with Crippen LogP contribution in [0.1, 0.15) is 6.92 Å². The Labute approximate surface area is 113 Å². The molecule has 0 saturated heterocycles. The second-order valence-electron chi connectivity index (χ2n) is 3.81. The Morgan fingerprint density at radius 3 is 3.00 bits per heavy atom. The topological polar surface area (TPSA) is 24.4 Å². The van der Waals surface area contributed by atoms with E-state index in [0.29, 0.717) is 10.9 Å². The third-order valence-corrected chi connectivity index (χ3v) is 4.27. The van der Waals surface area contributed by atoms with Crippen molar-refractivity contribution in [2.45, 2.75) is 6.92 Å². The van der Waals surface area contributed by atoms with Gasteiger partial charge in [0.05, 0.1) is 10.7 Å². The number of nitrogens with one attached hydrogen (secondary N) is 1. The van der Waals surface area contributed by atoms with Gasteiger partial charge in [-0.2, -0.15) is 0 Å². The Balaban J connectivity index is 2.09. The summed E-state index contributed by atoms with van der Waals surface area (Å²) in [5.41, 5.74) is 0.908. The molecule has 2 nitrogen and oxygen atoms in total. The Morgan fingerprint density at radius 1 is 1.56 bits per heavy atom. The molecule has 1 heterocycles. The number of hydrogen-bond donors (Lipinski definition) is 1. The van der Waals surface area contributed by atoms with Crippen molar-refractivity contribution in [1.82, 2.24) is 0 Å². The van der Waals surface area contributed by atoms with Gasteiger partial charge in [-0.05, 0) is 24.1 Å². The van der Waals surface area contributed by atoms with Gasteiger partial charge in [-0.15, -0.1) is 0 Å². The van der Waals surface area contributed by atoms with Crippen LogP contribution in [-0.4, -0.2) is 17.5 Å². The van der Waals surface area contributed by atoms with Crippen LogP contribution >= 0.6 is 39.3 Å². The minimum atomic E-state index is 0.663. The van der Waals surface area contributed by atoms with Gasteiger partial charge in [0.1, 0.15) is 0 Å². The van der Waals surface area contributed by atoms with Gasteiger partial charge < -0.3 is 5.32 Å². The van der Waals surface area contributed by atoms with E-state index in [0.717, 1.165) is 27.6 Å². The van der Waals surface area contributed by atoms with E-state index >= 15 is 0 Å². The van der Waals surface area contributed by atoms with Crippen molar-refractivity contribution in [3.8, 4) is 0 Å². The van der Waals surface area contributed by atoms with Crippen LogP contribution in [0.25, 0.3) is 0 Å². The SMILES string of the molecule is CC1CN=C(Nc2ccc(Br)cc2Cl)SC1. The Morgan fingerprint density at radius 2 is 2.38 bits per heavy atom. The van der Waals surface area contributed by atoms with E-state index in [1.165, 1.54) is 0 Å². The van der Waals surface area contributed by atoms with Crippen LogP contribution < -0.4 is 5.32 Å². The maximum absolute atomic E-state index is 6.12. The van der Waals surface area contributed by atoms with Gasteiger partial charge in [0.2, 0.25) is 0 Å². The van der Waals surface area contributed by atoms with E-state index in [2.05, 4.69) is 33.2 Å². The number of anilines is 1.